The van der Waals surface area contributed by atoms with Gasteiger partial charge in [0.1, 0.15) is 12.1 Å². The summed E-state index contributed by atoms with van der Waals surface area (Å²) in [7, 11) is 0. The van der Waals surface area contributed by atoms with Crippen molar-refractivity contribution < 1.29 is 9.18 Å². The van der Waals surface area contributed by atoms with Gasteiger partial charge in [-0.05, 0) is 75.2 Å². The number of halogens is 2. The minimum Gasteiger partial charge on any atom is -0.322 e. The number of nitrogens with one attached hydrogen (secondary N) is 1. The van der Waals surface area contributed by atoms with Crippen molar-refractivity contribution in [3.05, 3.63) is 64.1 Å². The fourth-order valence-electron chi connectivity index (χ4n) is 2.13. The van der Waals surface area contributed by atoms with Gasteiger partial charge < -0.3 is 5.32 Å². The highest BCUT2D eigenvalue weighted by molar-refractivity contribution is 9.10. The number of benzene rings is 2. The first-order chi connectivity index (χ1) is 11.0. The van der Waals surface area contributed by atoms with Crippen molar-refractivity contribution in [2.75, 3.05) is 5.32 Å². The first-order valence-corrected chi connectivity index (χ1v) is 7.44. The smallest absolute Gasteiger partial charge is 0.256 e. The monoisotopic (exact) mass is 375 g/mol. The molecule has 0 aliphatic carbocycles. The van der Waals surface area contributed by atoms with E-state index in [-0.39, 0.29) is 5.91 Å². The molecular weight excluding hydrogens is 365 g/mol. The van der Waals surface area contributed by atoms with E-state index in [1.807, 2.05) is 13.0 Å². The summed E-state index contributed by atoms with van der Waals surface area (Å²) in [4.78, 5) is 12.3. The van der Waals surface area contributed by atoms with Crippen molar-refractivity contribution in [2.24, 2.45) is 0 Å². The number of anilines is 1. The molecule has 0 aliphatic rings. The van der Waals surface area contributed by atoms with Gasteiger partial charge in [0.25, 0.3) is 5.91 Å². The first kappa shape index (κ1) is 15.3. The number of amides is 1. The molecule has 0 bridgehead atoms. The molecule has 3 aromatic rings. The third kappa shape index (κ3) is 3.26. The van der Waals surface area contributed by atoms with Crippen molar-refractivity contribution in [1.82, 2.24) is 20.2 Å². The summed E-state index contributed by atoms with van der Waals surface area (Å²) in [5.41, 5.74) is 2.69. The second-order valence-electron chi connectivity index (χ2n) is 4.83. The number of nitrogens with zero attached hydrogens (tertiary/aromatic N) is 4. The van der Waals surface area contributed by atoms with Gasteiger partial charge in [0.05, 0.1) is 11.3 Å². The number of tetrazole rings is 1. The Morgan fingerprint density at radius 2 is 2.09 bits per heavy atom. The SMILES string of the molecule is Cc1cc(NC(=O)c2ccc(F)cc2Br)ccc1-n1cnnn1. The molecule has 1 amide bonds. The highest BCUT2D eigenvalue weighted by atomic mass is 79.9. The largest absolute Gasteiger partial charge is 0.322 e. The maximum absolute atomic E-state index is 13.1. The molecule has 0 aliphatic heterocycles. The van der Waals surface area contributed by atoms with Crippen LogP contribution in [0, 0.1) is 12.7 Å². The Bertz CT molecular complexity index is 866. The molecule has 0 radical (unpaired) electrons. The molecule has 0 saturated heterocycles. The van der Waals surface area contributed by atoms with E-state index in [2.05, 4.69) is 36.8 Å². The third-order valence-corrected chi connectivity index (χ3v) is 3.88. The third-order valence-electron chi connectivity index (χ3n) is 3.23. The Balaban J connectivity index is 1.83. The Kier molecular flexibility index (Phi) is 4.16. The second-order valence-corrected chi connectivity index (χ2v) is 5.69. The minimum atomic E-state index is -0.407. The number of hydrogen-bond donors (Lipinski definition) is 1. The number of carbonyl (C=O) groups excluding carboxylic acids is 1. The van der Waals surface area contributed by atoms with Gasteiger partial charge in [-0.3, -0.25) is 4.79 Å². The zero-order chi connectivity index (χ0) is 16.4. The van der Waals surface area contributed by atoms with Crippen molar-refractivity contribution in [3.63, 3.8) is 0 Å². The number of hydrogen-bond acceptors (Lipinski definition) is 4. The molecule has 0 atom stereocenters. The van der Waals surface area contributed by atoms with Crippen LogP contribution in [0.3, 0.4) is 0 Å². The Labute approximate surface area is 139 Å². The molecule has 116 valence electrons. The summed E-state index contributed by atoms with van der Waals surface area (Å²) in [6.45, 7) is 1.89. The van der Waals surface area contributed by atoms with Gasteiger partial charge in [0.2, 0.25) is 0 Å². The van der Waals surface area contributed by atoms with Gasteiger partial charge in [0, 0.05) is 10.2 Å². The molecule has 3 rings (SSSR count). The first-order valence-electron chi connectivity index (χ1n) is 6.65. The van der Waals surface area contributed by atoms with E-state index in [0.29, 0.717) is 15.7 Å². The predicted molar refractivity (Wildman–Crippen MR) is 85.9 cm³/mol. The molecule has 0 unspecified atom stereocenters. The van der Waals surface area contributed by atoms with Crippen LogP contribution in [0.15, 0.2) is 47.2 Å². The molecule has 2 aromatic carbocycles. The number of aromatic nitrogens is 4. The van der Waals surface area contributed by atoms with Gasteiger partial charge in [-0.25, -0.2) is 9.07 Å². The van der Waals surface area contributed by atoms with Crippen LogP contribution in [-0.2, 0) is 0 Å². The fraction of sp³-hybridized carbons (Fsp3) is 0.0667. The quantitative estimate of drug-likeness (QED) is 0.763. The molecular formula is C15H11BrFN5O. The fourth-order valence-corrected chi connectivity index (χ4v) is 2.66. The summed E-state index contributed by atoms with van der Waals surface area (Å²) in [5.74, 6) is -0.735. The van der Waals surface area contributed by atoms with Crippen LogP contribution in [0.5, 0.6) is 0 Å². The summed E-state index contributed by atoms with van der Waals surface area (Å²) in [6.07, 6.45) is 1.50. The molecule has 0 spiro atoms. The van der Waals surface area contributed by atoms with Gasteiger partial charge in [-0.2, -0.15) is 0 Å². The van der Waals surface area contributed by atoms with Crippen LogP contribution in [0.1, 0.15) is 15.9 Å². The topological polar surface area (TPSA) is 72.7 Å². The molecule has 1 N–H and O–H groups in total. The van der Waals surface area contributed by atoms with E-state index in [1.54, 1.807) is 12.1 Å². The lowest BCUT2D eigenvalue weighted by molar-refractivity contribution is 0.102. The molecule has 1 heterocycles. The molecule has 8 heteroatoms. The lowest BCUT2D eigenvalue weighted by Crippen LogP contribution is -2.13. The van der Waals surface area contributed by atoms with E-state index in [0.717, 1.165) is 11.3 Å². The zero-order valence-corrected chi connectivity index (χ0v) is 13.6. The van der Waals surface area contributed by atoms with Crippen LogP contribution < -0.4 is 5.32 Å². The van der Waals surface area contributed by atoms with Crippen LogP contribution in [0.2, 0.25) is 0 Å². The number of rotatable bonds is 3. The molecule has 0 fully saturated rings. The molecule has 6 nitrogen and oxygen atoms in total. The van der Waals surface area contributed by atoms with Gasteiger partial charge in [-0.15, -0.1) is 5.10 Å². The molecule has 1 aromatic heterocycles. The normalized spacial score (nSPS) is 10.6. The Morgan fingerprint density at radius 1 is 1.26 bits per heavy atom. The van der Waals surface area contributed by atoms with E-state index in [4.69, 9.17) is 0 Å². The Hall–Kier alpha value is -2.61. The Morgan fingerprint density at radius 3 is 2.74 bits per heavy atom. The van der Waals surface area contributed by atoms with Gasteiger partial charge in [0.15, 0.2) is 0 Å². The predicted octanol–water partition coefficient (Wildman–Crippen LogP) is 3.12. The summed E-state index contributed by atoms with van der Waals surface area (Å²) in [6, 6.07) is 9.29. The highest BCUT2D eigenvalue weighted by Gasteiger charge is 2.12. The average molecular weight is 376 g/mol. The van der Waals surface area contributed by atoms with E-state index in [9.17, 15) is 9.18 Å². The second kappa shape index (κ2) is 6.25. The maximum Gasteiger partial charge on any atom is 0.256 e. The van der Waals surface area contributed by atoms with E-state index >= 15 is 0 Å². The average Bonchev–Trinajstić information content (AvgIpc) is 3.01. The summed E-state index contributed by atoms with van der Waals surface area (Å²) >= 11 is 3.19. The number of carbonyl (C=O) groups is 1. The van der Waals surface area contributed by atoms with Crippen molar-refractivity contribution in [1.29, 1.82) is 0 Å². The molecule has 23 heavy (non-hydrogen) atoms. The van der Waals surface area contributed by atoms with Crippen LogP contribution in [0.25, 0.3) is 5.69 Å². The summed E-state index contributed by atoms with van der Waals surface area (Å²) < 4.78 is 15.0. The lowest BCUT2D eigenvalue weighted by Gasteiger charge is -2.10. The van der Waals surface area contributed by atoms with Crippen molar-refractivity contribution in [2.45, 2.75) is 6.92 Å². The standard InChI is InChI=1S/C15H11BrFN5O/c1-9-6-11(3-5-14(9)22-8-18-20-21-22)19-15(23)12-4-2-10(17)7-13(12)16/h2-8H,1H3,(H,19,23). The van der Waals surface area contributed by atoms with Crippen LogP contribution in [-0.4, -0.2) is 26.1 Å². The van der Waals surface area contributed by atoms with Crippen LogP contribution >= 0.6 is 15.9 Å². The van der Waals surface area contributed by atoms with Gasteiger partial charge >= 0.3 is 0 Å². The van der Waals surface area contributed by atoms with Crippen LogP contribution in [0.4, 0.5) is 10.1 Å². The lowest BCUT2D eigenvalue weighted by atomic mass is 10.1. The summed E-state index contributed by atoms with van der Waals surface area (Å²) in [5, 5.41) is 13.8. The van der Waals surface area contributed by atoms with Crippen molar-refractivity contribution >= 4 is 27.5 Å². The van der Waals surface area contributed by atoms with Crippen molar-refractivity contribution in [3.8, 4) is 5.69 Å². The van der Waals surface area contributed by atoms with E-state index < -0.39 is 5.82 Å². The minimum absolute atomic E-state index is 0.327. The van der Waals surface area contributed by atoms with Gasteiger partial charge in [-0.1, -0.05) is 0 Å². The molecule has 0 saturated carbocycles. The highest BCUT2D eigenvalue weighted by Crippen LogP contribution is 2.21. The van der Waals surface area contributed by atoms with E-state index in [1.165, 1.54) is 29.2 Å². The zero-order valence-electron chi connectivity index (χ0n) is 12.0. The number of aryl methyl sites for hydroxylation is 1. The maximum atomic E-state index is 13.1.